The van der Waals surface area contributed by atoms with Gasteiger partial charge in [-0.1, -0.05) is 32.9 Å². The van der Waals surface area contributed by atoms with Crippen LogP contribution in [-0.4, -0.2) is 43.0 Å². The molecule has 1 aliphatic heterocycles. The molecule has 1 aliphatic rings. The Hall–Kier alpha value is -1.86. The van der Waals surface area contributed by atoms with E-state index >= 15 is 0 Å². The maximum Gasteiger partial charge on any atom is 0.413 e. The number of rotatable bonds is 4. The highest BCUT2D eigenvalue weighted by Crippen LogP contribution is 2.39. The van der Waals surface area contributed by atoms with Gasteiger partial charge in [0.25, 0.3) is 0 Å². The van der Waals surface area contributed by atoms with Gasteiger partial charge in [-0.15, -0.1) is 0 Å². The van der Waals surface area contributed by atoms with Crippen molar-refractivity contribution < 1.29 is 23.9 Å². The lowest BCUT2D eigenvalue weighted by molar-refractivity contribution is -0.165. The Kier molecular flexibility index (Phi) is 5.29. The van der Waals surface area contributed by atoms with Gasteiger partial charge in [-0.3, -0.25) is 9.69 Å². The fourth-order valence-corrected chi connectivity index (χ4v) is 3.40. The molecule has 1 aromatic rings. The molecule has 1 heterocycles. The Bertz CT molecular complexity index is 650. The number of ether oxygens (including phenoxy) is 1. The summed E-state index contributed by atoms with van der Waals surface area (Å²) in [5.74, 6) is 0.330. The molecule has 1 fully saturated rings. The minimum Gasteiger partial charge on any atom is -0.544 e. The van der Waals surface area contributed by atoms with Crippen molar-refractivity contribution in [3.05, 3.63) is 29.8 Å². The third kappa shape index (κ3) is 3.72. The number of nitrogens with zero attached hydrogens (tertiary/aromatic N) is 1. The van der Waals surface area contributed by atoms with E-state index < -0.39 is 32.5 Å². The van der Waals surface area contributed by atoms with Crippen LogP contribution in [0.2, 0.25) is 18.1 Å². The predicted molar refractivity (Wildman–Crippen MR) is 96.9 cm³/mol. The number of hydrogen-bond donors (Lipinski definition) is 1. The van der Waals surface area contributed by atoms with E-state index in [-0.39, 0.29) is 11.6 Å². The second kappa shape index (κ2) is 6.80. The average molecular weight is 366 g/mol. The van der Waals surface area contributed by atoms with Gasteiger partial charge < -0.3 is 14.3 Å². The molecule has 0 aliphatic carbocycles. The molecule has 25 heavy (non-hydrogen) atoms. The highest BCUT2D eigenvalue weighted by molar-refractivity contribution is 6.74. The smallest absolute Gasteiger partial charge is 0.413 e. The minimum atomic E-state index is -1.94. The lowest BCUT2D eigenvalue weighted by atomic mass is 9.92. The van der Waals surface area contributed by atoms with Crippen LogP contribution in [0.3, 0.4) is 0 Å². The Labute approximate surface area is 149 Å². The van der Waals surface area contributed by atoms with Gasteiger partial charge in [0.2, 0.25) is 14.1 Å². The number of likely N-dealkylation sites (tertiary alicyclic amines) is 1. The number of aliphatic hydroxyl groups excluding tert-OH is 1. The topological polar surface area (TPSA) is 76.1 Å². The van der Waals surface area contributed by atoms with Crippen LogP contribution < -0.4 is 4.43 Å². The van der Waals surface area contributed by atoms with Gasteiger partial charge >= 0.3 is 6.09 Å². The molecule has 1 unspecified atom stereocenters. The molecule has 0 saturated carbocycles. The lowest BCUT2D eigenvalue weighted by Crippen LogP contribution is -2.61. The molecule has 0 spiro atoms. The highest BCUT2D eigenvalue weighted by Gasteiger charge is 2.51. The standard InChI is InChI=1S/C18H27NO5Si/c1-7-23-17(22)19-14(15(20)16(19)21)12-8-10-13(11-9-12)24-25(5,6)18(2,3)4/h8-11,14,16,21H,7H2,1-6H3/t14-,16?/m0/s1. The molecule has 0 aromatic heterocycles. The number of Topliss-reactive ketones (excluding diaryl/α,β-unsaturated/α-hetero) is 1. The first-order valence-electron chi connectivity index (χ1n) is 8.45. The Balaban J connectivity index is 2.17. The first-order chi connectivity index (χ1) is 11.5. The zero-order valence-electron chi connectivity index (χ0n) is 15.7. The van der Waals surface area contributed by atoms with E-state index in [2.05, 4.69) is 33.9 Å². The quantitative estimate of drug-likeness (QED) is 0.827. The summed E-state index contributed by atoms with van der Waals surface area (Å²) in [5, 5.41) is 9.84. The molecule has 1 saturated heterocycles. The maximum absolute atomic E-state index is 12.0. The van der Waals surface area contributed by atoms with E-state index in [0.29, 0.717) is 5.56 Å². The zero-order chi connectivity index (χ0) is 19.0. The van der Waals surface area contributed by atoms with Crippen LogP contribution in [0, 0.1) is 0 Å². The SMILES string of the molecule is CCOC(=O)N1C(O)C(=O)[C@@H]1c1ccc(O[Si](C)(C)C(C)(C)C)cc1. The van der Waals surface area contributed by atoms with Gasteiger partial charge in [0.05, 0.1) is 6.61 Å². The second-order valence-electron chi connectivity index (χ2n) is 7.72. The summed E-state index contributed by atoms with van der Waals surface area (Å²) in [5.41, 5.74) is 0.630. The van der Waals surface area contributed by atoms with Crippen LogP contribution in [0.4, 0.5) is 4.79 Å². The van der Waals surface area contributed by atoms with Crippen LogP contribution in [0.15, 0.2) is 24.3 Å². The first-order valence-corrected chi connectivity index (χ1v) is 11.4. The molecule has 0 bridgehead atoms. The molecule has 1 aromatic carbocycles. The molecular formula is C18H27NO5Si. The molecule has 1 N–H and O–H groups in total. The third-order valence-corrected chi connectivity index (χ3v) is 9.28. The van der Waals surface area contributed by atoms with Crippen molar-refractivity contribution in [2.24, 2.45) is 0 Å². The van der Waals surface area contributed by atoms with E-state index in [9.17, 15) is 14.7 Å². The van der Waals surface area contributed by atoms with Gasteiger partial charge in [0.1, 0.15) is 11.8 Å². The average Bonchev–Trinajstić information content (AvgIpc) is 2.51. The number of carbonyl (C=O) groups is 2. The molecule has 138 valence electrons. The summed E-state index contributed by atoms with van der Waals surface area (Å²) in [6, 6.07) is 6.30. The summed E-state index contributed by atoms with van der Waals surface area (Å²) >= 11 is 0. The van der Waals surface area contributed by atoms with E-state index in [0.717, 1.165) is 10.6 Å². The third-order valence-electron chi connectivity index (χ3n) is 4.92. The summed E-state index contributed by atoms with van der Waals surface area (Å²) in [6.07, 6.45) is -2.13. The van der Waals surface area contributed by atoms with Crippen molar-refractivity contribution in [1.29, 1.82) is 0 Å². The number of benzene rings is 1. The van der Waals surface area contributed by atoms with Crippen LogP contribution in [0.1, 0.15) is 39.3 Å². The van der Waals surface area contributed by atoms with Crippen LogP contribution in [0.25, 0.3) is 0 Å². The van der Waals surface area contributed by atoms with Crippen molar-refractivity contribution in [3.63, 3.8) is 0 Å². The largest absolute Gasteiger partial charge is 0.544 e. The van der Waals surface area contributed by atoms with Crippen LogP contribution in [0.5, 0.6) is 5.75 Å². The van der Waals surface area contributed by atoms with Gasteiger partial charge in [0, 0.05) is 0 Å². The highest BCUT2D eigenvalue weighted by atomic mass is 28.4. The normalized spacial score (nSPS) is 20.9. The van der Waals surface area contributed by atoms with Gasteiger partial charge in [-0.05, 0) is 42.8 Å². The minimum absolute atomic E-state index is 0.0838. The van der Waals surface area contributed by atoms with Crippen molar-refractivity contribution in [2.45, 2.75) is 58.1 Å². The molecule has 7 heteroatoms. The van der Waals surface area contributed by atoms with E-state index in [1.807, 2.05) is 0 Å². The first kappa shape index (κ1) is 19.5. The molecule has 6 nitrogen and oxygen atoms in total. The second-order valence-corrected chi connectivity index (χ2v) is 12.4. The fraction of sp³-hybridized carbons (Fsp3) is 0.556. The van der Waals surface area contributed by atoms with E-state index in [1.54, 1.807) is 31.2 Å². The molecule has 1 amide bonds. The van der Waals surface area contributed by atoms with Crippen molar-refractivity contribution in [1.82, 2.24) is 4.90 Å². The Morgan fingerprint density at radius 2 is 1.80 bits per heavy atom. The van der Waals surface area contributed by atoms with Crippen molar-refractivity contribution >= 4 is 20.2 Å². The monoisotopic (exact) mass is 365 g/mol. The summed E-state index contributed by atoms with van der Waals surface area (Å²) in [6.45, 7) is 12.7. The number of hydrogen-bond acceptors (Lipinski definition) is 5. The Morgan fingerprint density at radius 1 is 1.24 bits per heavy atom. The lowest BCUT2D eigenvalue weighted by Gasteiger charge is -2.42. The van der Waals surface area contributed by atoms with Crippen LogP contribution in [-0.2, 0) is 9.53 Å². The molecule has 2 atom stereocenters. The fourth-order valence-electron chi connectivity index (χ4n) is 2.37. The summed E-state index contributed by atoms with van der Waals surface area (Å²) in [4.78, 5) is 25.0. The molecular weight excluding hydrogens is 338 g/mol. The number of amides is 1. The van der Waals surface area contributed by atoms with Crippen LogP contribution >= 0.6 is 0 Å². The van der Waals surface area contributed by atoms with Crippen molar-refractivity contribution in [3.8, 4) is 5.75 Å². The van der Waals surface area contributed by atoms with Gasteiger partial charge in [0.15, 0.2) is 6.23 Å². The van der Waals surface area contributed by atoms with Crippen molar-refractivity contribution in [2.75, 3.05) is 6.61 Å². The number of aliphatic hydroxyl groups is 1. The Morgan fingerprint density at radius 3 is 2.28 bits per heavy atom. The number of carbonyl (C=O) groups excluding carboxylic acids is 2. The molecule has 2 rings (SSSR count). The summed E-state index contributed by atoms with van der Waals surface area (Å²) in [7, 11) is -1.94. The zero-order valence-corrected chi connectivity index (χ0v) is 16.7. The maximum atomic E-state index is 12.0. The van der Waals surface area contributed by atoms with Gasteiger partial charge in [-0.25, -0.2) is 4.79 Å². The number of ketones is 1. The summed E-state index contributed by atoms with van der Waals surface area (Å²) < 4.78 is 11.1. The van der Waals surface area contributed by atoms with E-state index in [4.69, 9.17) is 9.16 Å². The predicted octanol–water partition coefficient (Wildman–Crippen LogP) is 3.47. The van der Waals surface area contributed by atoms with Gasteiger partial charge in [-0.2, -0.15) is 0 Å². The van der Waals surface area contributed by atoms with E-state index in [1.165, 1.54) is 0 Å². The molecule has 0 radical (unpaired) electrons.